The molecule has 2 unspecified atom stereocenters. The van der Waals surface area contributed by atoms with E-state index >= 15 is 0 Å². The molecule has 0 aliphatic carbocycles. The molecule has 0 bridgehead atoms. The number of hydrogen-bond acceptors (Lipinski definition) is 3. The molecule has 122 valence electrons. The van der Waals surface area contributed by atoms with Crippen LogP contribution in [0.2, 0.25) is 0 Å². The summed E-state index contributed by atoms with van der Waals surface area (Å²) in [5, 5.41) is 12.8. The topological polar surface area (TPSA) is 58.6 Å². The number of carbonyl (C=O) groups excluding carboxylic acids is 1. The van der Waals surface area contributed by atoms with E-state index in [-0.39, 0.29) is 18.3 Å². The van der Waals surface area contributed by atoms with E-state index < -0.39 is 12.0 Å². The molecule has 0 heterocycles. The molecule has 2 rings (SSSR count). The Hall–Kier alpha value is -2.40. The number of benzene rings is 2. The summed E-state index contributed by atoms with van der Waals surface area (Å²) >= 11 is 0. The predicted octanol–water partition coefficient (Wildman–Crippen LogP) is 2.79. The van der Waals surface area contributed by atoms with E-state index in [0.717, 1.165) is 0 Å². The highest BCUT2D eigenvalue weighted by atomic mass is 19.1. The number of nitrogens with one attached hydrogen (secondary N) is 1. The quantitative estimate of drug-likeness (QED) is 0.861. The van der Waals surface area contributed by atoms with Gasteiger partial charge in [-0.3, -0.25) is 4.79 Å². The lowest BCUT2D eigenvalue weighted by atomic mass is 10.00. The van der Waals surface area contributed by atoms with Crippen LogP contribution in [-0.2, 0) is 4.79 Å². The third-order valence-electron chi connectivity index (χ3n) is 3.71. The molecule has 0 aliphatic heterocycles. The smallest absolute Gasteiger partial charge is 0.227 e. The highest BCUT2D eigenvalue weighted by Crippen LogP contribution is 2.19. The van der Waals surface area contributed by atoms with Gasteiger partial charge in [-0.05, 0) is 42.3 Å². The summed E-state index contributed by atoms with van der Waals surface area (Å²) < 4.78 is 18.3. The maximum atomic E-state index is 13.2. The normalized spacial score (nSPS) is 13.2. The predicted molar refractivity (Wildman–Crippen MR) is 85.8 cm³/mol. The molecule has 0 saturated heterocycles. The van der Waals surface area contributed by atoms with Crippen molar-refractivity contribution in [1.82, 2.24) is 5.32 Å². The maximum Gasteiger partial charge on any atom is 0.227 e. The number of aliphatic hydroxyl groups excluding tert-OH is 1. The fourth-order valence-corrected chi connectivity index (χ4v) is 2.22. The molecule has 2 aromatic carbocycles. The zero-order valence-electron chi connectivity index (χ0n) is 13.1. The molecule has 0 aliphatic rings. The van der Waals surface area contributed by atoms with Crippen molar-refractivity contribution in [3.8, 4) is 5.75 Å². The lowest BCUT2D eigenvalue weighted by Crippen LogP contribution is -2.31. The van der Waals surface area contributed by atoms with Gasteiger partial charge in [0.2, 0.25) is 5.91 Å². The fraction of sp³-hybridized carbons (Fsp3) is 0.278. The summed E-state index contributed by atoms with van der Waals surface area (Å²) in [6.07, 6.45) is -0.815. The van der Waals surface area contributed by atoms with Crippen LogP contribution < -0.4 is 10.1 Å². The zero-order valence-corrected chi connectivity index (χ0v) is 13.1. The largest absolute Gasteiger partial charge is 0.497 e. The Balaban J connectivity index is 1.92. The third kappa shape index (κ3) is 4.53. The van der Waals surface area contributed by atoms with Crippen molar-refractivity contribution in [2.45, 2.75) is 18.9 Å². The molecule has 0 saturated carbocycles. The van der Waals surface area contributed by atoms with Crippen molar-refractivity contribution in [3.63, 3.8) is 0 Å². The SMILES string of the molecule is COc1ccc(C(O)CNC(=O)C(C)c2cccc(F)c2)cc1. The van der Waals surface area contributed by atoms with Gasteiger partial charge in [0.1, 0.15) is 11.6 Å². The Bertz CT molecular complexity index is 658. The summed E-state index contributed by atoms with van der Waals surface area (Å²) in [4.78, 5) is 12.1. The van der Waals surface area contributed by atoms with Gasteiger partial charge in [0.05, 0.1) is 19.1 Å². The van der Waals surface area contributed by atoms with Gasteiger partial charge in [-0.15, -0.1) is 0 Å². The number of methoxy groups -OCH3 is 1. The average molecular weight is 317 g/mol. The molecular formula is C18H20FNO3. The summed E-state index contributed by atoms with van der Waals surface area (Å²) in [6, 6.07) is 12.9. The van der Waals surface area contributed by atoms with Crippen LogP contribution in [0.3, 0.4) is 0 Å². The van der Waals surface area contributed by atoms with Crippen LogP contribution in [0.5, 0.6) is 5.75 Å². The van der Waals surface area contributed by atoms with Crippen LogP contribution in [0.25, 0.3) is 0 Å². The van der Waals surface area contributed by atoms with E-state index in [1.54, 1.807) is 50.4 Å². The summed E-state index contributed by atoms with van der Waals surface area (Å²) in [5.41, 5.74) is 1.28. The van der Waals surface area contributed by atoms with E-state index in [0.29, 0.717) is 16.9 Å². The number of aliphatic hydroxyl groups is 1. The van der Waals surface area contributed by atoms with Crippen LogP contribution >= 0.6 is 0 Å². The van der Waals surface area contributed by atoms with Crippen molar-refractivity contribution in [3.05, 3.63) is 65.5 Å². The highest BCUT2D eigenvalue weighted by Gasteiger charge is 2.17. The number of halogens is 1. The number of hydrogen-bond donors (Lipinski definition) is 2. The number of amides is 1. The number of rotatable bonds is 6. The Morgan fingerprint density at radius 1 is 1.22 bits per heavy atom. The Morgan fingerprint density at radius 2 is 1.91 bits per heavy atom. The average Bonchev–Trinajstić information content (AvgIpc) is 2.58. The first-order valence-corrected chi connectivity index (χ1v) is 7.36. The lowest BCUT2D eigenvalue weighted by molar-refractivity contribution is -0.122. The van der Waals surface area contributed by atoms with Crippen molar-refractivity contribution < 1.29 is 19.0 Å². The minimum absolute atomic E-state index is 0.0881. The van der Waals surface area contributed by atoms with Gasteiger partial charge >= 0.3 is 0 Å². The lowest BCUT2D eigenvalue weighted by Gasteiger charge is -2.16. The van der Waals surface area contributed by atoms with Crippen LogP contribution in [0.4, 0.5) is 4.39 Å². The summed E-state index contributed by atoms with van der Waals surface area (Å²) in [7, 11) is 1.57. The van der Waals surface area contributed by atoms with Crippen molar-refractivity contribution in [1.29, 1.82) is 0 Å². The van der Waals surface area contributed by atoms with E-state index in [9.17, 15) is 14.3 Å². The van der Waals surface area contributed by atoms with Gasteiger partial charge < -0.3 is 15.2 Å². The number of ether oxygens (including phenoxy) is 1. The first-order valence-electron chi connectivity index (χ1n) is 7.36. The molecule has 0 radical (unpaired) electrons. The molecule has 4 nitrogen and oxygen atoms in total. The van der Waals surface area contributed by atoms with Crippen LogP contribution in [-0.4, -0.2) is 24.7 Å². The third-order valence-corrected chi connectivity index (χ3v) is 3.71. The Kier molecular flexibility index (Phi) is 5.71. The monoisotopic (exact) mass is 317 g/mol. The fourth-order valence-electron chi connectivity index (χ4n) is 2.22. The van der Waals surface area contributed by atoms with Crippen LogP contribution in [0.15, 0.2) is 48.5 Å². The van der Waals surface area contributed by atoms with Gasteiger partial charge in [-0.1, -0.05) is 24.3 Å². The van der Waals surface area contributed by atoms with Crippen molar-refractivity contribution >= 4 is 5.91 Å². The van der Waals surface area contributed by atoms with Gasteiger partial charge in [0.25, 0.3) is 0 Å². The van der Waals surface area contributed by atoms with E-state index in [1.165, 1.54) is 12.1 Å². The Morgan fingerprint density at radius 3 is 2.52 bits per heavy atom. The molecule has 1 amide bonds. The molecule has 2 aromatic rings. The molecule has 0 aromatic heterocycles. The van der Waals surface area contributed by atoms with Crippen LogP contribution in [0.1, 0.15) is 30.1 Å². The molecule has 0 fully saturated rings. The second-order valence-corrected chi connectivity index (χ2v) is 5.31. The minimum atomic E-state index is -0.815. The zero-order chi connectivity index (χ0) is 16.8. The molecule has 2 N–H and O–H groups in total. The summed E-state index contributed by atoms with van der Waals surface area (Å²) in [6.45, 7) is 1.79. The Labute approximate surface area is 134 Å². The molecule has 5 heteroatoms. The first kappa shape index (κ1) is 17.0. The highest BCUT2D eigenvalue weighted by molar-refractivity contribution is 5.83. The van der Waals surface area contributed by atoms with Gasteiger partial charge in [0.15, 0.2) is 0 Å². The van der Waals surface area contributed by atoms with Crippen molar-refractivity contribution in [2.24, 2.45) is 0 Å². The maximum absolute atomic E-state index is 13.2. The van der Waals surface area contributed by atoms with E-state index in [1.807, 2.05) is 0 Å². The number of carbonyl (C=O) groups is 1. The minimum Gasteiger partial charge on any atom is -0.497 e. The van der Waals surface area contributed by atoms with Crippen LogP contribution in [0, 0.1) is 5.82 Å². The van der Waals surface area contributed by atoms with Gasteiger partial charge in [0, 0.05) is 6.54 Å². The van der Waals surface area contributed by atoms with Crippen molar-refractivity contribution in [2.75, 3.05) is 13.7 Å². The standard InChI is InChI=1S/C18H20FNO3/c1-12(14-4-3-5-15(19)10-14)18(22)20-11-17(21)13-6-8-16(23-2)9-7-13/h3-10,12,17,21H,11H2,1-2H3,(H,20,22). The first-order chi connectivity index (χ1) is 11.0. The second kappa shape index (κ2) is 7.74. The second-order valence-electron chi connectivity index (χ2n) is 5.31. The van der Waals surface area contributed by atoms with Gasteiger partial charge in [-0.2, -0.15) is 0 Å². The van der Waals surface area contributed by atoms with E-state index in [2.05, 4.69) is 5.32 Å². The molecule has 23 heavy (non-hydrogen) atoms. The summed E-state index contributed by atoms with van der Waals surface area (Å²) in [5.74, 6) is -0.429. The molecule has 0 spiro atoms. The van der Waals surface area contributed by atoms with E-state index in [4.69, 9.17) is 4.74 Å². The molecule has 2 atom stereocenters. The molecular weight excluding hydrogens is 297 g/mol. The van der Waals surface area contributed by atoms with Gasteiger partial charge in [-0.25, -0.2) is 4.39 Å².